The van der Waals surface area contributed by atoms with E-state index < -0.39 is 0 Å². The third kappa shape index (κ3) is 2.91. The fourth-order valence-corrected chi connectivity index (χ4v) is 5.03. The first-order chi connectivity index (χ1) is 11.7. The molecule has 2 aromatic carbocycles. The van der Waals surface area contributed by atoms with Crippen LogP contribution in [0.15, 0.2) is 48.5 Å². The highest BCUT2D eigenvalue weighted by Gasteiger charge is 2.33. The van der Waals surface area contributed by atoms with Gasteiger partial charge >= 0.3 is 0 Å². The molecule has 0 atom stereocenters. The predicted octanol–water partition coefficient (Wildman–Crippen LogP) is 5.04. The summed E-state index contributed by atoms with van der Waals surface area (Å²) in [5, 5.41) is 0. The lowest BCUT2D eigenvalue weighted by Crippen LogP contribution is -2.33. The molecule has 4 rings (SSSR count). The van der Waals surface area contributed by atoms with Crippen LogP contribution in [0, 0.1) is 5.92 Å². The summed E-state index contributed by atoms with van der Waals surface area (Å²) >= 11 is 0. The maximum absolute atomic E-state index is 2.42. The third-order valence-corrected chi connectivity index (χ3v) is 6.39. The van der Waals surface area contributed by atoms with E-state index >= 15 is 0 Å². The summed E-state index contributed by atoms with van der Waals surface area (Å²) < 4.78 is 0. The Hall–Kier alpha value is -1.60. The van der Waals surface area contributed by atoms with Crippen LogP contribution in [-0.4, -0.2) is 25.0 Å². The molecule has 1 heteroatoms. The standard InChI is InChI=1S/C23H29N/c1-24(2)20-15-13-19(14-16-20)23-21-9-5-3-7-17(21)11-12-18-8-4-6-10-22(18)23/h3-10,19-20,23H,11-16H2,1-2H3. The molecule has 0 amide bonds. The Bertz CT molecular complexity index is 647. The topological polar surface area (TPSA) is 3.24 Å². The molecule has 1 saturated carbocycles. The van der Waals surface area contributed by atoms with E-state index in [-0.39, 0.29) is 0 Å². The van der Waals surface area contributed by atoms with E-state index in [2.05, 4.69) is 67.5 Å². The quantitative estimate of drug-likeness (QED) is 0.750. The van der Waals surface area contributed by atoms with Crippen molar-refractivity contribution in [1.82, 2.24) is 4.90 Å². The molecule has 2 aromatic rings. The van der Waals surface area contributed by atoms with Crippen LogP contribution in [0.3, 0.4) is 0 Å². The first-order valence-corrected chi connectivity index (χ1v) is 9.56. The maximum Gasteiger partial charge on any atom is 0.0123 e. The van der Waals surface area contributed by atoms with Crippen molar-refractivity contribution in [3.63, 3.8) is 0 Å². The Labute approximate surface area is 146 Å². The molecule has 1 nitrogen and oxygen atoms in total. The molecule has 24 heavy (non-hydrogen) atoms. The third-order valence-electron chi connectivity index (χ3n) is 6.39. The highest BCUT2D eigenvalue weighted by molar-refractivity contribution is 5.45. The van der Waals surface area contributed by atoms with Gasteiger partial charge in [0.25, 0.3) is 0 Å². The van der Waals surface area contributed by atoms with E-state index in [1.165, 1.54) is 38.5 Å². The molecule has 0 radical (unpaired) electrons. The van der Waals surface area contributed by atoms with Crippen LogP contribution in [0.5, 0.6) is 0 Å². The van der Waals surface area contributed by atoms with Crippen molar-refractivity contribution in [1.29, 1.82) is 0 Å². The normalized spacial score (nSPS) is 24.3. The largest absolute Gasteiger partial charge is 0.306 e. The van der Waals surface area contributed by atoms with Crippen LogP contribution in [0.1, 0.15) is 53.9 Å². The maximum atomic E-state index is 2.42. The lowest BCUT2D eigenvalue weighted by Gasteiger charge is -2.37. The van der Waals surface area contributed by atoms with Gasteiger partial charge in [0.05, 0.1) is 0 Å². The van der Waals surface area contributed by atoms with E-state index in [9.17, 15) is 0 Å². The molecule has 2 aliphatic rings. The van der Waals surface area contributed by atoms with E-state index in [0.717, 1.165) is 12.0 Å². The van der Waals surface area contributed by atoms with Crippen LogP contribution >= 0.6 is 0 Å². The van der Waals surface area contributed by atoms with Crippen molar-refractivity contribution in [2.75, 3.05) is 14.1 Å². The SMILES string of the molecule is CN(C)C1CCC(C2c3ccccc3CCc3ccccc32)CC1. The van der Waals surface area contributed by atoms with Crippen molar-refractivity contribution < 1.29 is 0 Å². The number of hydrogen-bond acceptors (Lipinski definition) is 1. The van der Waals surface area contributed by atoms with Gasteiger partial charge in [0.1, 0.15) is 0 Å². The predicted molar refractivity (Wildman–Crippen MR) is 102 cm³/mol. The van der Waals surface area contributed by atoms with Gasteiger partial charge in [0.15, 0.2) is 0 Å². The first-order valence-electron chi connectivity index (χ1n) is 9.56. The van der Waals surface area contributed by atoms with Gasteiger partial charge in [-0.05, 0) is 80.8 Å². The summed E-state index contributed by atoms with van der Waals surface area (Å²) in [5.74, 6) is 1.39. The Kier molecular flexibility index (Phi) is 4.45. The second-order valence-corrected chi connectivity index (χ2v) is 7.91. The van der Waals surface area contributed by atoms with Crippen molar-refractivity contribution in [3.8, 4) is 0 Å². The highest BCUT2D eigenvalue weighted by Crippen LogP contribution is 2.44. The minimum Gasteiger partial charge on any atom is -0.306 e. The Morgan fingerprint density at radius 3 is 1.71 bits per heavy atom. The number of fused-ring (bicyclic) bond motifs is 2. The van der Waals surface area contributed by atoms with E-state index in [1.807, 2.05) is 0 Å². The van der Waals surface area contributed by atoms with Gasteiger partial charge in [-0.15, -0.1) is 0 Å². The second-order valence-electron chi connectivity index (χ2n) is 7.91. The van der Waals surface area contributed by atoms with E-state index in [4.69, 9.17) is 0 Å². The average molecular weight is 319 g/mol. The number of nitrogens with zero attached hydrogens (tertiary/aromatic N) is 1. The molecule has 0 unspecified atom stereocenters. The van der Waals surface area contributed by atoms with Crippen LogP contribution in [0.2, 0.25) is 0 Å². The monoisotopic (exact) mass is 319 g/mol. The summed E-state index contributed by atoms with van der Waals surface area (Å²) in [5.41, 5.74) is 6.37. The van der Waals surface area contributed by atoms with Crippen molar-refractivity contribution in [2.24, 2.45) is 5.92 Å². The fraction of sp³-hybridized carbons (Fsp3) is 0.478. The second kappa shape index (κ2) is 6.72. The van der Waals surface area contributed by atoms with Crippen molar-refractivity contribution >= 4 is 0 Å². The summed E-state index contributed by atoms with van der Waals surface area (Å²) in [6.07, 6.45) is 7.79. The minimum atomic E-state index is 0.600. The molecule has 0 spiro atoms. The van der Waals surface area contributed by atoms with Gasteiger partial charge < -0.3 is 4.90 Å². The fourth-order valence-electron chi connectivity index (χ4n) is 5.03. The minimum absolute atomic E-state index is 0.600. The molecule has 0 heterocycles. The Morgan fingerprint density at radius 1 is 0.708 bits per heavy atom. The molecular weight excluding hydrogens is 290 g/mol. The van der Waals surface area contributed by atoms with Gasteiger partial charge in [-0.3, -0.25) is 0 Å². The van der Waals surface area contributed by atoms with Crippen LogP contribution in [-0.2, 0) is 12.8 Å². The zero-order valence-corrected chi connectivity index (χ0v) is 15.0. The molecule has 1 fully saturated rings. The zero-order chi connectivity index (χ0) is 16.5. The molecule has 0 N–H and O–H groups in total. The van der Waals surface area contributed by atoms with Crippen LogP contribution in [0.4, 0.5) is 0 Å². The van der Waals surface area contributed by atoms with E-state index in [0.29, 0.717) is 5.92 Å². The average Bonchev–Trinajstić information content (AvgIpc) is 2.79. The van der Waals surface area contributed by atoms with Crippen LogP contribution < -0.4 is 0 Å². The van der Waals surface area contributed by atoms with Crippen molar-refractivity contribution in [3.05, 3.63) is 70.8 Å². The molecule has 0 bridgehead atoms. The van der Waals surface area contributed by atoms with Crippen LogP contribution in [0.25, 0.3) is 0 Å². The molecule has 126 valence electrons. The molecule has 0 aromatic heterocycles. The Morgan fingerprint density at radius 2 is 1.21 bits per heavy atom. The van der Waals surface area contributed by atoms with Gasteiger partial charge in [-0.25, -0.2) is 0 Å². The lowest BCUT2D eigenvalue weighted by atomic mass is 9.71. The smallest absolute Gasteiger partial charge is 0.0123 e. The van der Waals surface area contributed by atoms with Gasteiger partial charge in [0.2, 0.25) is 0 Å². The highest BCUT2D eigenvalue weighted by atomic mass is 15.1. The molecule has 0 saturated heterocycles. The van der Waals surface area contributed by atoms with Gasteiger partial charge in [-0.1, -0.05) is 48.5 Å². The van der Waals surface area contributed by atoms with Gasteiger partial charge in [0, 0.05) is 12.0 Å². The molecule has 0 aliphatic heterocycles. The molecular formula is C23H29N. The number of rotatable bonds is 2. The number of benzene rings is 2. The zero-order valence-electron chi connectivity index (χ0n) is 15.0. The number of hydrogen-bond donors (Lipinski definition) is 0. The summed E-state index contributed by atoms with van der Waals surface area (Å²) in [7, 11) is 4.47. The Balaban J connectivity index is 1.71. The first kappa shape index (κ1) is 15.9. The summed E-state index contributed by atoms with van der Waals surface area (Å²) in [4.78, 5) is 2.42. The lowest BCUT2D eigenvalue weighted by molar-refractivity contribution is 0.185. The number of aryl methyl sites for hydroxylation is 2. The molecule has 2 aliphatic carbocycles. The van der Waals surface area contributed by atoms with Crippen molar-refractivity contribution in [2.45, 2.75) is 50.5 Å². The van der Waals surface area contributed by atoms with Gasteiger partial charge in [-0.2, -0.15) is 0 Å². The summed E-state index contributed by atoms with van der Waals surface area (Å²) in [6.45, 7) is 0. The van der Waals surface area contributed by atoms with E-state index in [1.54, 1.807) is 22.3 Å². The summed E-state index contributed by atoms with van der Waals surface area (Å²) in [6, 6.07) is 19.2.